The molecule has 5 heteroatoms. The molecule has 16 heavy (non-hydrogen) atoms. The summed E-state index contributed by atoms with van der Waals surface area (Å²) >= 11 is 0. The second kappa shape index (κ2) is 7.87. The van der Waals surface area contributed by atoms with E-state index < -0.39 is 6.10 Å². The van der Waals surface area contributed by atoms with Gasteiger partial charge in [0.15, 0.2) is 0 Å². The van der Waals surface area contributed by atoms with Crippen LogP contribution in [0.1, 0.15) is 26.2 Å². The summed E-state index contributed by atoms with van der Waals surface area (Å²) in [6.45, 7) is 4.19. The van der Waals surface area contributed by atoms with Crippen LogP contribution in [0.4, 0.5) is 0 Å². The third kappa shape index (κ3) is 3.92. The molecule has 0 saturated carbocycles. The fourth-order valence-corrected chi connectivity index (χ4v) is 2.06. The smallest absolute Gasteiger partial charge is 0.253 e. The van der Waals surface area contributed by atoms with E-state index in [0.29, 0.717) is 0 Å². The van der Waals surface area contributed by atoms with Crippen molar-refractivity contribution in [2.75, 3.05) is 26.7 Å². The normalized spacial score (nSPS) is 19.1. The maximum atomic E-state index is 11.9. The largest absolute Gasteiger partial charge is 0.370 e. The summed E-state index contributed by atoms with van der Waals surface area (Å²) in [6, 6.07) is 0. The van der Waals surface area contributed by atoms with Crippen molar-refractivity contribution in [3.8, 4) is 0 Å². The molecule has 1 unspecified atom stereocenters. The number of carbonyl (C=O) groups is 1. The molecule has 96 valence electrons. The van der Waals surface area contributed by atoms with E-state index in [-0.39, 0.29) is 24.9 Å². The Kier molecular flexibility index (Phi) is 7.72. The van der Waals surface area contributed by atoms with Crippen LogP contribution in [-0.2, 0) is 9.53 Å². The number of hydrogen-bond donors (Lipinski definition) is 1. The number of amides is 1. The zero-order valence-corrected chi connectivity index (χ0v) is 11.0. The first-order chi connectivity index (χ1) is 7.22. The molecule has 1 saturated heterocycles. The Labute approximate surface area is 104 Å². The molecule has 0 bridgehead atoms. The first-order valence-corrected chi connectivity index (χ1v) is 5.74. The van der Waals surface area contributed by atoms with Crippen LogP contribution < -0.4 is 5.73 Å². The van der Waals surface area contributed by atoms with E-state index in [1.54, 1.807) is 0 Å². The van der Waals surface area contributed by atoms with Gasteiger partial charge in [-0.2, -0.15) is 0 Å². The van der Waals surface area contributed by atoms with Crippen molar-refractivity contribution in [3.63, 3.8) is 0 Å². The van der Waals surface area contributed by atoms with Crippen molar-refractivity contribution in [3.05, 3.63) is 0 Å². The molecule has 1 atom stereocenters. The number of methoxy groups -OCH3 is 1. The molecule has 1 heterocycles. The fourth-order valence-electron chi connectivity index (χ4n) is 2.06. The van der Waals surface area contributed by atoms with Crippen LogP contribution in [-0.4, -0.2) is 43.7 Å². The van der Waals surface area contributed by atoms with Crippen LogP contribution in [0.25, 0.3) is 0 Å². The number of nitrogens with zero attached hydrogens (tertiary/aromatic N) is 1. The summed E-state index contributed by atoms with van der Waals surface area (Å²) < 4.78 is 5.05. The lowest BCUT2D eigenvalue weighted by atomic mass is 9.94. The van der Waals surface area contributed by atoms with Crippen LogP contribution in [0.2, 0.25) is 0 Å². The number of piperidine rings is 1. The maximum absolute atomic E-state index is 11.9. The van der Waals surface area contributed by atoms with Crippen molar-refractivity contribution in [2.24, 2.45) is 11.7 Å². The highest BCUT2D eigenvalue weighted by molar-refractivity contribution is 5.85. The van der Waals surface area contributed by atoms with E-state index >= 15 is 0 Å². The lowest BCUT2D eigenvalue weighted by Crippen LogP contribution is -2.46. The molecule has 0 aliphatic carbocycles. The summed E-state index contributed by atoms with van der Waals surface area (Å²) in [4.78, 5) is 13.8. The molecule has 0 aromatic rings. The highest BCUT2D eigenvalue weighted by Crippen LogP contribution is 2.20. The van der Waals surface area contributed by atoms with Crippen molar-refractivity contribution < 1.29 is 9.53 Å². The number of halogens is 1. The molecule has 1 amide bonds. The molecule has 4 nitrogen and oxygen atoms in total. The van der Waals surface area contributed by atoms with Gasteiger partial charge in [-0.1, -0.05) is 13.3 Å². The van der Waals surface area contributed by atoms with Gasteiger partial charge in [0.2, 0.25) is 0 Å². The summed E-state index contributed by atoms with van der Waals surface area (Å²) in [7, 11) is 1.54. The number of hydrogen-bond acceptors (Lipinski definition) is 3. The van der Waals surface area contributed by atoms with E-state index in [9.17, 15) is 4.79 Å². The molecule has 2 N–H and O–H groups in total. The summed E-state index contributed by atoms with van der Waals surface area (Å²) in [5, 5.41) is 0. The second-order valence-electron chi connectivity index (χ2n) is 4.14. The van der Waals surface area contributed by atoms with Gasteiger partial charge >= 0.3 is 0 Å². The lowest BCUT2D eigenvalue weighted by molar-refractivity contribution is -0.142. The zero-order chi connectivity index (χ0) is 11.3. The van der Waals surface area contributed by atoms with Crippen molar-refractivity contribution in [2.45, 2.75) is 32.3 Å². The third-order valence-corrected chi connectivity index (χ3v) is 3.28. The Hall–Kier alpha value is -0.320. The first-order valence-electron chi connectivity index (χ1n) is 5.74. The minimum Gasteiger partial charge on any atom is -0.370 e. The molecule has 0 spiro atoms. The monoisotopic (exact) mass is 250 g/mol. The quantitative estimate of drug-likeness (QED) is 0.811. The number of carbonyl (C=O) groups excluding carboxylic acids is 1. The third-order valence-electron chi connectivity index (χ3n) is 3.28. The predicted octanol–water partition coefficient (Wildman–Crippen LogP) is 1.03. The van der Waals surface area contributed by atoms with Crippen LogP contribution in [0.15, 0.2) is 0 Å². The first kappa shape index (κ1) is 15.7. The van der Waals surface area contributed by atoms with E-state index in [0.717, 1.165) is 31.8 Å². The van der Waals surface area contributed by atoms with Gasteiger partial charge in [-0.25, -0.2) is 0 Å². The number of likely N-dealkylation sites (tertiary alicyclic amines) is 1. The predicted molar refractivity (Wildman–Crippen MR) is 66.7 cm³/mol. The Balaban J connectivity index is 0.00000225. The molecule has 1 aliphatic heterocycles. The summed E-state index contributed by atoms with van der Waals surface area (Å²) in [6.07, 6.45) is 2.99. The highest BCUT2D eigenvalue weighted by Gasteiger charge is 2.26. The van der Waals surface area contributed by atoms with Crippen LogP contribution in [0, 0.1) is 5.92 Å². The Bertz CT molecular complexity index is 202. The average Bonchev–Trinajstić information content (AvgIpc) is 2.30. The summed E-state index contributed by atoms with van der Waals surface area (Å²) in [5.41, 5.74) is 5.47. The van der Waals surface area contributed by atoms with Gasteiger partial charge in [-0.15, -0.1) is 12.4 Å². The standard InChI is InChI=1S/C11H22N2O2.ClH/c1-3-9-4-6-13(7-5-9)11(14)10(8-12)15-2;/h9-10H,3-8,12H2,1-2H3;1H. The van der Waals surface area contributed by atoms with Crippen molar-refractivity contribution >= 4 is 18.3 Å². The molecule has 1 rings (SSSR count). The molecule has 1 fully saturated rings. The molecule has 1 aliphatic rings. The van der Waals surface area contributed by atoms with E-state index in [1.165, 1.54) is 13.5 Å². The molecule has 0 aromatic heterocycles. The Morgan fingerprint density at radius 1 is 1.50 bits per heavy atom. The van der Waals surface area contributed by atoms with Crippen LogP contribution in [0.5, 0.6) is 0 Å². The van der Waals surface area contributed by atoms with E-state index in [4.69, 9.17) is 10.5 Å². The Morgan fingerprint density at radius 2 is 2.06 bits per heavy atom. The SMILES string of the molecule is CCC1CCN(C(=O)C(CN)OC)CC1.Cl. The number of rotatable bonds is 4. The molecule has 0 aromatic carbocycles. The minimum atomic E-state index is -0.455. The van der Waals surface area contributed by atoms with Gasteiger partial charge in [0, 0.05) is 26.7 Å². The molecular weight excluding hydrogens is 228 g/mol. The van der Waals surface area contributed by atoms with Gasteiger partial charge in [0.1, 0.15) is 6.10 Å². The minimum absolute atomic E-state index is 0. The van der Waals surface area contributed by atoms with Gasteiger partial charge < -0.3 is 15.4 Å². The topological polar surface area (TPSA) is 55.6 Å². The van der Waals surface area contributed by atoms with Crippen molar-refractivity contribution in [1.82, 2.24) is 4.90 Å². The maximum Gasteiger partial charge on any atom is 0.253 e. The van der Waals surface area contributed by atoms with Crippen LogP contribution >= 0.6 is 12.4 Å². The molecule has 0 radical (unpaired) electrons. The van der Waals surface area contributed by atoms with Gasteiger partial charge in [-0.3, -0.25) is 4.79 Å². The van der Waals surface area contributed by atoms with Gasteiger partial charge in [0.05, 0.1) is 0 Å². The second-order valence-corrected chi connectivity index (χ2v) is 4.14. The zero-order valence-electron chi connectivity index (χ0n) is 10.1. The summed E-state index contributed by atoms with van der Waals surface area (Å²) in [5.74, 6) is 0.836. The van der Waals surface area contributed by atoms with E-state index in [1.807, 2.05) is 4.90 Å². The van der Waals surface area contributed by atoms with Crippen molar-refractivity contribution in [1.29, 1.82) is 0 Å². The number of nitrogens with two attached hydrogens (primary N) is 1. The molecular formula is C11H23ClN2O2. The van der Waals surface area contributed by atoms with E-state index in [2.05, 4.69) is 6.92 Å². The van der Waals surface area contributed by atoms with Gasteiger partial charge in [0.25, 0.3) is 5.91 Å². The fraction of sp³-hybridized carbons (Fsp3) is 0.909. The van der Waals surface area contributed by atoms with Crippen LogP contribution in [0.3, 0.4) is 0 Å². The number of ether oxygens (including phenoxy) is 1. The van der Waals surface area contributed by atoms with Gasteiger partial charge in [-0.05, 0) is 18.8 Å². The lowest BCUT2D eigenvalue weighted by Gasteiger charge is -2.33. The Morgan fingerprint density at radius 3 is 2.44 bits per heavy atom. The highest BCUT2D eigenvalue weighted by atomic mass is 35.5. The average molecular weight is 251 g/mol.